The van der Waals surface area contributed by atoms with E-state index in [-0.39, 0.29) is 12.0 Å². The molecule has 1 aromatic carbocycles. The predicted octanol–water partition coefficient (Wildman–Crippen LogP) is 1.75. The van der Waals surface area contributed by atoms with Crippen LogP contribution in [-0.2, 0) is 11.8 Å². The van der Waals surface area contributed by atoms with Gasteiger partial charge in [-0.05, 0) is 24.6 Å². The van der Waals surface area contributed by atoms with Crippen molar-refractivity contribution in [2.45, 2.75) is 6.42 Å². The standard InChI is InChI=1S/C16H19N3O3/c1-18-9-6-12-13(4-2-5-14(12)18)15(20)17-7-3-8-19-10-11-22-16(19)21/h2,4-6,9H,3,7-8,10-11H2,1H3,(H,17,20). The molecule has 116 valence electrons. The highest BCUT2D eigenvalue weighted by Crippen LogP contribution is 2.19. The Kier molecular flexibility index (Phi) is 4.00. The van der Waals surface area contributed by atoms with Gasteiger partial charge in [0.1, 0.15) is 6.61 Å². The Morgan fingerprint density at radius 3 is 3.00 bits per heavy atom. The van der Waals surface area contributed by atoms with Gasteiger partial charge < -0.3 is 19.5 Å². The molecule has 0 spiro atoms. The third-order valence-corrected chi connectivity index (χ3v) is 3.91. The largest absolute Gasteiger partial charge is 0.448 e. The number of aryl methyl sites for hydroxylation is 1. The van der Waals surface area contributed by atoms with Crippen molar-refractivity contribution >= 4 is 22.9 Å². The molecule has 3 rings (SSSR count). The first-order chi connectivity index (χ1) is 10.7. The van der Waals surface area contributed by atoms with Crippen molar-refractivity contribution in [2.24, 2.45) is 7.05 Å². The lowest BCUT2D eigenvalue weighted by Gasteiger charge is -2.12. The van der Waals surface area contributed by atoms with Crippen molar-refractivity contribution in [1.82, 2.24) is 14.8 Å². The van der Waals surface area contributed by atoms with Gasteiger partial charge in [0.15, 0.2) is 0 Å². The Morgan fingerprint density at radius 1 is 1.36 bits per heavy atom. The molecular weight excluding hydrogens is 282 g/mol. The van der Waals surface area contributed by atoms with Crippen molar-refractivity contribution in [1.29, 1.82) is 0 Å². The molecule has 6 heteroatoms. The van der Waals surface area contributed by atoms with E-state index in [9.17, 15) is 9.59 Å². The Labute approximate surface area is 128 Å². The van der Waals surface area contributed by atoms with Gasteiger partial charge in [0, 0.05) is 42.8 Å². The third-order valence-electron chi connectivity index (χ3n) is 3.91. The first kappa shape index (κ1) is 14.4. The first-order valence-electron chi connectivity index (χ1n) is 7.41. The highest BCUT2D eigenvalue weighted by Gasteiger charge is 2.20. The molecule has 0 radical (unpaired) electrons. The van der Waals surface area contributed by atoms with Gasteiger partial charge in [0.2, 0.25) is 0 Å². The summed E-state index contributed by atoms with van der Waals surface area (Å²) in [5, 5.41) is 3.86. The summed E-state index contributed by atoms with van der Waals surface area (Å²) in [4.78, 5) is 25.2. The number of hydrogen-bond donors (Lipinski definition) is 1. The minimum atomic E-state index is -0.264. The van der Waals surface area contributed by atoms with E-state index in [0.29, 0.717) is 38.2 Å². The second kappa shape index (κ2) is 6.09. The maximum Gasteiger partial charge on any atom is 0.409 e. The predicted molar refractivity (Wildman–Crippen MR) is 82.8 cm³/mol. The van der Waals surface area contributed by atoms with Gasteiger partial charge in [0.25, 0.3) is 5.91 Å². The molecule has 6 nitrogen and oxygen atoms in total. The van der Waals surface area contributed by atoms with Crippen LogP contribution in [0.5, 0.6) is 0 Å². The van der Waals surface area contributed by atoms with Crippen LogP contribution in [-0.4, -0.2) is 47.7 Å². The van der Waals surface area contributed by atoms with Crippen LogP contribution in [0.2, 0.25) is 0 Å². The molecular formula is C16H19N3O3. The Balaban J connectivity index is 1.56. The molecule has 2 aromatic rings. The average Bonchev–Trinajstić information content (AvgIpc) is 3.10. The van der Waals surface area contributed by atoms with Gasteiger partial charge in [0.05, 0.1) is 6.54 Å². The smallest absolute Gasteiger partial charge is 0.409 e. The van der Waals surface area contributed by atoms with Crippen molar-refractivity contribution in [3.8, 4) is 0 Å². The van der Waals surface area contributed by atoms with E-state index in [4.69, 9.17) is 4.74 Å². The molecule has 0 unspecified atom stereocenters. The lowest BCUT2D eigenvalue weighted by atomic mass is 10.1. The fourth-order valence-corrected chi connectivity index (χ4v) is 2.70. The van der Waals surface area contributed by atoms with Crippen LogP contribution in [0.1, 0.15) is 16.8 Å². The Morgan fingerprint density at radius 2 is 2.23 bits per heavy atom. The minimum Gasteiger partial charge on any atom is -0.448 e. The SMILES string of the molecule is Cn1ccc2c(C(=O)NCCCN3CCOC3=O)cccc21. The molecule has 0 bridgehead atoms. The van der Waals surface area contributed by atoms with Crippen LogP contribution in [0.15, 0.2) is 30.5 Å². The summed E-state index contributed by atoms with van der Waals surface area (Å²) in [6.45, 7) is 2.23. The lowest BCUT2D eigenvalue weighted by Crippen LogP contribution is -2.30. The number of nitrogens with one attached hydrogen (secondary N) is 1. The van der Waals surface area contributed by atoms with E-state index in [2.05, 4.69) is 5.32 Å². The molecule has 0 aliphatic carbocycles. The fraction of sp³-hybridized carbons (Fsp3) is 0.375. The highest BCUT2D eigenvalue weighted by molar-refractivity contribution is 6.06. The normalized spacial score (nSPS) is 14.4. The zero-order valence-electron chi connectivity index (χ0n) is 12.5. The van der Waals surface area contributed by atoms with Crippen molar-refractivity contribution < 1.29 is 14.3 Å². The van der Waals surface area contributed by atoms with Crippen LogP contribution in [0, 0.1) is 0 Å². The van der Waals surface area contributed by atoms with E-state index >= 15 is 0 Å². The molecule has 1 fully saturated rings. The van der Waals surface area contributed by atoms with E-state index < -0.39 is 0 Å². The minimum absolute atomic E-state index is 0.0826. The summed E-state index contributed by atoms with van der Waals surface area (Å²) >= 11 is 0. The molecule has 1 aromatic heterocycles. The van der Waals surface area contributed by atoms with Crippen LogP contribution < -0.4 is 5.32 Å². The average molecular weight is 301 g/mol. The summed E-state index contributed by atoms with van der Waals surface area (Å²) in [7, 11) is 1.96. The van der Waals surface area contributed by atoms with Crippen LogP contribution in [0.4, 0.5) is 4.79 Å². The number of hydrogen-bond acceptors (Lipinski definition) is 3. The van der Waals surface area contributed by atoms with Gasteiger partial charge in [-0.15, -0.1) is 0 Å². The number of amides is 2. The number of nitrogens with zero attached hydrogens (tertiary/aromatic N) is 2. The van der Waals surface area contributed by atoms with Gasteiger partial charge >= 0.3 is 6.09 Å². The summed E-state index contributed by atoms with van der Waals surface area (Å²) in [6, 6.07) is 7.66. The summed E-state index contributed by atoms with van der Waals surface area (Å²) in [6.07, 6.45) is 2.40. The second-order valence-corrected chi connectivity index (χ2v) is 5.38. The van der Waals surface area contributed by atoms with Crippen molar-refractivity contribution in [3.05, 3.63) is 36.0 Å². The molecule has 1 N–H and O–H groups in total. The number of carbonyl (C=O) groups excluding carboxylic acids is 2. The number of aromatic nitrogens is 1. The quantitative estimate of drug-likeness (QED) is 0.856. The highest BCUT2D eigenvalue weighted by atomic mass is 16.6. The zero-order valence-corrected chi connectivity index (χ0v) is 12.5. The van der Waals surface area contributed by atoms with E-state index in [1.165, 1.54) is 0 Å². The van der Waals surface area contributed by atoms with Gasteiger partial charge in [-0.1, -0.05) is 6.07 Å². The molecule has 2 amide bonds. The summed E-state index contributed by atoms with van der Waals surface area (Å²) in [5.41, 5.74) is 1.71. The van der Waals surface area contributed by atoms with Gasteiger partial charge in [-0.3, -0.25) is 4.79 Å². The lowest BCUT2D eigenvalue weighted by molar-refractivity contribution is 0.0954. The number of ether oxygens (including phenoxy) is 1. The fourth-order valence-electron chi connectivity index (χ4n) is 2.70. The molecule has 1 saturated heterocycles. The number of benzene rings is 1. The van der Waals surface area contributed by atoms with Crippen LogP contribution >= 0.6 is 0 Å². The number of carbonyl (C=O) groups is 2. The molecule has 0 saturated carbocycles. The zero-order chi connectivity index (χ0) is 15.5. The molecule has 0 atom stereocenters. The van der Waals surface area contributed by atoms with Gasteiger partial charge in [-0.2, -0.15) is 0 Å². The summed E-state index contributed by atoms with van der Waals surface area (Å²) < 4.78 is 6.85. The maximum absolute atomic E-state index is 12.3. The third kappa shape index (κ3) is 2.77. The Hall–Kier alpha value is -2.50. The molecule has 1 aliphatic heterocycles. The summed E-state index contributed by atoms with van der Waals surface area (Å²) in [5.74, 6) is -0.0826. The van der Waals surface area contributed by atoms with Gasteiger partial charge in [-0.25, -0.2) is 4.79 Å². The molecule has 1 aliphatic rings. The van der Waals surface area contributed by atoms with Crippen LogP contribution in [0.3, 0.4) is 0 Å². The molecule has 2 heterocycles. The van der Waals surface area contributed by atoms with Crippen molar-refractivity contribution in [2.75, 3.05) is 26.2 Å². The Bertz CT molecular complexity index is 708. The van der Waals surface area contributed by atoms with E-state index in [1.54, 1.807) is 4.90 Å². The van der Waals surface area contributed by atoms with Crippen LogP contribution in [0.25, 0.3) is 10.9 Å². The van der Waals surface area contributed by atoms with Crippen molar-refractivity contribution in [3.63, 3.8) is 0 Å². The maximum atomic E-state index is 12.3. The number of fused-ring (bicyclic) bond motifs is 1. The topological polar surface area (TPSA) is 63.6 Å². The monoisotopic (exact) mass is 301 g/mol. The first-order valence-corrected chi connectivity index (χ1v) is 7.41. The number of cyclic esters (lactones) is 1. The van der Waals surface area contributed by atoms with E-state index in [1.807, 2.05) is 42.1 Å². The second-order valence-electron chi connectivity index (χ2n) is 5.38. The number of rotatable bonds is 5. The van der Waals surface area contributed by atoms with E-state index in [0.717, 1.165) is 10.9 Å². The molecule has 22 heavy (non-hydrogen) atoms.